The summed E-state index contributed by atoms with van der Waals surface area (Å²) in [6, 6.07) is 48.8. The molecule has 0 aromatic heterocycles. The maximum absolute atomic E-state index is 14.8. The van der Waals surface area contributed by atoms with Gasteiger partial charge in [-0.15, -0.1) is 0 Å². The lowest BCUT2D eigenvalue weighted by Crippen LogP contribution is -2.69. The standard InChI is InChI=1S/C64H68O17Si/c1-40(2)82(41(3)4,42(5)6)81-56-54(78-61(69)47-34-22-12-23-35-47)51(76-59(67)45-30-18-10-19-31-45)49(38-72-57(65)43-26-14-8-15-27-43)75-64(56)80-52-50(39-73-58(66)44-28-16-9-17-29-44)74-63(71-7)55(79-62(70)48-36-24-13-25-37-48)53(52)77-60(68)46-32-20-11-21-33-46/h8-37,40-42,49-56,63-64H,38-39H2,1-7H3/t49?,50?,51-,52-,53?,54?,55?,56?,63+,64+/m0/s1. The Kier molecular flexibility index (Phi) is 20.7. The minimum atomic E-state index is -3.24. The Labute approximate surface area is 478 Å². The van der Waals surface area contributed by atoms with E-state index in [1.54, 1.807) is 158 Å². The molecule has 0 saturated carbocycles. The van der Waals surface area contributed by atoms with Crippen molar-refractivity contribution in [3.63, 3.8) is 0 Å². The van der Waals surface area contributed by atoms with Gasteiger partial charge < -0.3 is 51.8 Å². The van der Waals surface area contributed by atoms with Crippen LogP contribution in [0.25, 0.3) is 0 Å². The first-order valence-corrected chi connectivity index (χ1v) is 29.4. The molecule has 10 atom stereocenters. The van der Waals surface area contributed by atoms with Crippen molar-refractivity contribution in [3.8, 4) is 0 Å². The van der Waals surface area contributed by atoms with Gasteiger partial charge in [-0.2, -0.15) is 0 Å². The van der Waals surface area contributed by atoms with Crippen molar-refractivity contribution in [3.05, 3.63) is 215 Å². The molecular weight excluding hydrogens is 1070 g/mol. The van der Waals surface area contributed by atoms with E-state index in [1.165, 1.54) is 31.4 Å². The highest BCUT2D eigenvalue weighted by molar-refractivity contribution is 6.77. The van der Waals surface area contributed by atoms with Crippen LogP contribution in [-0.2, 0) is 51.8 Å². The van der Waals surface area contributed by atoms with Crippen LogP contribution in [0.3, 0.4) is 0 Å². The van der Waals surface area contributed by atoms with Gasteiger partial charge >= 0.3 is 35.8 Å². The Morgan fingerprint density at radius 1 is 0.366 bits per heavy atom. The van der Waals surface area contributed by atoms with Gasteiger partial charge in [0.15, 0.2) is 37.0 Å². The smallest absolute Gasteiger partial charge is 0.338 e. The summed E-state index contributed by atoms with van der Waals surface area (Å²) in [6.07, 6.45) is -16.0. The first-order chi connectivity index (χ1) is 39.6. The van der Waals surface area contributed by atoms with E-state index in [0.29, 0.717) is 0 Å². The summed E-state index contributed by atoms with van der Waals surface area (Å²) in [6.45, 7) is 11.0. The van der Waals surface area contributed by atoms with E-state index in [4.69, 9.17) is 51.8 Å². The van der Waals surface area contributed by atoms with Crippen molar-refractivity contribution < 1.29 is 80.6 Å². The van der Waals surface area contributed by atoms with Crippen molar-refractivity contribution in [2.75, 3.05) is 20.3 Å². The molecule has 18 heteroatoms. The monoisotopic (exact) mass is 1140 g/mol. The summed E-state index contributed by atoms with van der Waals surface area (Å²) in [5.74, 6) is -4.93. The maximum Gasteiger partial charge on any atom is 0.338 e. The topological polar surface area (TPSA) is 204 Å². The Morgan fingerprint density at radius 2 is 0.646 bits per heavy atom. The molecule has 0 spiro atoms. The molecule has 2 aliphatic heterocycles. The highest BCUT2D eigenvalue weighted by Gasteiger charge is 2.60. The Hall–Kier alpha value is -7.84. The van der Waals surface area contributed by atoms with Gasteiger partial charge in [0, 0.05) is 7.11 Å². The van der Waals surface area contributed by atoms with E-state index < -0.39 is 119 Å². The molecule has 0 bridgehead atoms. The number of benzene rings is 6. The molecule has 430 valence electrons. The van der Waals surface area contributed by atoms with Gasteiger partial charge in [-0.3, -0.25) is 0 Å². The maximum atomic E-state index is 14.8. The van der Waals surface area contributed by atoms with Crippen LogP contribution in [0.15, 0.2) is 182 Å². The summed E-state index contributed by atoms with van der Waals surface area (Å²) < 4.78 is 72.2. The van der Waals surface area contributed by atoms with Crippen LogP contribution in [0.1, 0.15) is 104 Å². The molecule has 2 heterocycles. The van der Waals surface area contributed by atoms with Gasteiger partial charge in [-0.1, -0.05) is 151 Å². The van der Waals surface area contributed by atoms with E-state index >= 15 is 0 Å². The largest absolute Gasteiger partial charge is 0.459 e. The first-order valence-electron chi connectivity index (χ1n) is 27.2. The Morgan fingerprint density at radius 3 is 0.976 bits per heavy atom. The summed E-state index contributed by atoms with van der Waals surface area (Å²) in [4.78, 5) is 85.8. The quantitative estimate of drug-likeness (QED) is 0.0352. The average molecular weight is 1140 g/mol. The van der Waals surface area contributed by atoms with Crippen molar-refractivity contribution in [1.82, 2.24) is 0 Å². The van der Waals surface area contributed by atoms with Crippen molar-refractivity contribution >= 4 is 44.1 Å². The van der Waals surface area contributed by atoms with Crippen molar-refractivity contribution in [1.29, 1.82) is 0 Å². The molecule has 2 saturated heterocycles. The zero-order chi connectivity index (χ0) is 58.3. The minimum Gasteiger partial charge on any atom is -0.459 e. The predicted molar refractivity (Wildman–Crippen MR) is 301 cm³/mol. The molecule has 82 heavy (non-hydrogen) atoms. The molecule has 0 radical (unpaired) electrons. The third kappa shape index (κ3) is 14.4. The molecule has 6 aromatic carbocycles. The molecule has 6 unspecified atom stereocenters. The van der Waals surface area contributed by atoms with Gasteiger partial charge in [0.1, 0.15) is 37.6 Å². The normalized spacial score (nSPS) is 22.6. The van der Waals surface area contributed by atoms with Gasteiger partial charge in [0.05, 0.1) is 33.4 Å². The zero-order valence-corrected chi connectivity index (χ0v) is 47.7. The fraction of sp³-hybridized carbons (Fsp3) is 0.344. The van der Waals surface area contributed by atoms with Crippen LogP contribution in [0.5, 0.6) is 0 Å². The van der Waals surface area contributed by atoms with E-state index in [-0.39, 0.29) is 50.0 Å². The lowest BCUT2D eigenvalue weighted by molar-refractivity contribution is -0.353. The Bertz CT molecular complexity index is 3020. The summed E-state index contributed by atoms with van der Waals surface area (Å²) in [7, 11) is -1.95. The Balaban J connectivity index is 1.33. The van der Waals surface area contributed by atoms with E-state index in [9.17, 15) is 28.8 Å². The second kappa shape index (κ2) is 28.2. The summed E-state index contributed by atoms with van der Waals surface area (Å²) in [5, 5.41) is 0. The number of methoxy groups -OCH3 is 1. The second-order valence-corrected chi connectivity index (χ2v) is 26.1. The van der Waals surface area contributed by atoms with E-state index in [1.807, 2.05) is 41.5 Å². The van der Waals surface area contributed by atoms with Crippen molar-refractivity contribution in [2.24, 2.45) is 0 Å². The van der Waals surface area contributed by atoms with Crippen LogP contribution < -0.4 is 0 Å². The number of carbonyl (C=O) groups excluding carboxylic acids is 6. The first kappa shape index (κ1) is 60.3. The summed E-state index contributed by atoms with van der Waals surface area (Å²) in [5.41, 5.74) is 0.493. The number of esters is 6. The summed E-state index contributed by atoms with van der Waals surface area (Å²) >= 11 is 0. The fourth-order valence-corrected chi connectivity index (χ4v) is 16.2. The van der Waals surface area contributed by atoms with Crippen LogP contribution in [0.4, 0.5) is 0 Å². The number of rotatable bonds is 22. The van der Waals surface area contributed by atoms with Crippen LogP contribution in [0, 0.1) is 0 Å². The zero-order valence-electron chi connectivity index (χ0n) is 46.7. The third-order valence-corrected chi connectivity index (χ3v) is 20.6. The van der Waals surface area contributed by atoms with Gasteiger partial charge in [-0.25, -0.2) is 28.8 Å². The van der Waals surface area contributed by atoms with Crippen molar-refractivity contribution in [2.45, 2.75) is 120 Å². The SMILES string of the molecule is CO[C@@H]1OC(COC(=O)c2ccccc2)[C@H](O[C@H]2OC(COC(=O)c3ccccc3)[C@H](OC(=O)c3ccccc3)C(OC(=O)c3ccccc3)C2O[Si](C(C)C)(C(C)C)C(C)C)C(OC(=O)c2ccccc2)C1OC(=O)c1ccccc1. The molecule has 0 aliphatic carbocycles. The molecule has 17 nitrogen and oxygen atoms in total. The minimum absolute atomic E-state index is 0.106. The van der Waals surface area contributed by atoms with Crippen LogP contribution >= 0.6 is 0 Å². The molecule has 0 N–H and O–H groups in total. The molecular formula is C64H68O17Si. The molecule has 2 aliphatic rings. The highest BCUT2D eigenvalue weighted by Crippen LogP contribution is 2.46. The third-order valence-electron chi connectivity index (χ3n) is 14.5. The lowest BCUT2D eigenvalue weighted by atomic mass is 9.95. The molecule has 0 amide bonds. The highest BCUT2D eigenvalue weighted by atomic mass is 28.4. The number of hydrogen-bond acceptors (Lipinski definition) is 17. The molecule has 6 aromatic rings. The predicted octanol–water partition coefficient (Wildman–Crippen LogP) is 10.6. The molecule has 2 fully saturated rings. The molecule has 8 rings (SSSR count). The number of hydrogen-bond donors (Lipinski definition) is 0. The van der Waals surface area contributed by atoms with Gasteiger partial charge in [-0.05, 0) is 89.4 Å². The van der Waals surface area contributed by atoms with Gasteiger partial charge in [0.2, 0.25) is 8.32 Å². The number of ether oxygens (including phenoxy) is 10. The number of carbonyl (C=O) groups is 6. The van der Waals surface area contributed by atoms with E-state index in [0.717, 1.165) is 0 Å². The fourth-order valence-electron chi connectivity index (χ4n) is 10.6. The van der Waals surface area contributed by atoms with Crippen LogP contribution in [0.2, 0.25) is 16.6 Å². The van der Waals surface area contributed by atoms with Crippen LogP contribution in [-0.4, -0.2) is 126 Å². The van der Waals surface area contributed by atoms with E-state index in [2.05, 4.69) is 0 Å². The average Bonchev–Trinajstić information content (AvgIpc) is 3.64. The lowest BCUT2D eigenvalue weighted by Gasteiger charge is -2.52. The van der Waals surface area contributed by atoms with Gasteiger partial charge in [0.25, 0.3) is 0 Å². The second-order valence-electron chi connectivity index (χ2n) is 20.7.